The van der Waals surface area contributed by atoms with Crippen LogP contribution in [0.2, 0.25) is 0 Å². The van der Waals surface area contributed by atoms with Gasteiger partial charge in [0.1, 0.15) is 18.0 Å². The minimum absolute atomic E-state index is 0.0638. The van der Waals surface area contributed by atoms with Crippen LogP contribution in [0.5, 0.6) is 0 Å². The Balaban J connectivity index is 2.66. The van der Waals surface area contributed by atoms with Crippen LogP contribution in [0.4, 0.5) is 4.39 Å². The van der Waals surface area contributed by atoms with E-state index in [2.05, 4.69) is 0 Å². The van der Waals surface area contributed by atoms with Crippen LogP contribution < -0.4 is 0 Å². The summed E-state index contributed by atoms with van der Waals surface area (Å²) < 4.78 is 13.4. The number of nitriles is 1. The van der Waals surface area contributed by atoms with Crippen molar-refractivity contribution in [3.63, 3.8) is 0 Å². The lowest BCUT2D eigenvalue weighted by molar-refractivity contribution is -0.109. The highest BCUT2D eigenvalue weighted by molar-refractivity contribution is 8.13. The summed E-state index contributed by atoms with van der Waals surface area (Å²) in [7, 11) is 0. The summed E-state index contributed by atoms with van der Waals surface area (Å²) in [6.45, 7) is 1.42. The summed E-state index contributed by atoms with van der Waals surface area (Å²) in [6, 6.07) is 5.36. The lowest BCUT2D eigenvalue weighted by atomic mass is 10.0. The molecule has 6 heteroatoms. The Labute approximate surface area is 114 Å². The van der Waals surface area contributed by atoms with E-state index in [1.165, 1.54) is 19.1 Å². The molecule has 2 unspecified atom stereocenters. The Morgan fingerprint density at radius 3 is 2.74 bits per heavy atom. The Kier molecular flexibility index (Phi) is 5.96. The SMILES string of the molecule is CC(=O)SCCC(O)C(O)c1ccc(C#N)c(F)c1. The molecule has 0 aliphatic carbocycles. The molecule has 0 spiro atoms. The maximum absolute atomic E-state index is 13.4. The Morgan fingerprint density at radius 2 is 2.21 bits per heavy atom. The van der Waals surface area contributed by atoms with Crippen LogP contribution in [0.25, 0.3) is 0 Å². The van der Waals surface area contributed by atoms with Gasteiger partial charge in [-0.25, -0.2) is 4.39 Å². The molecule has 1 rings (SSSR count). The van der Waals surface area contributed by atoms with Gasteiger partial charge in [-0.3, -0.25) is 4.79 Å². The zero-order valence-corrected chi connectivity index (χ0v) is 11.2. The molecule has 0 saturated heterocycles. The molecule has 0 aromatic heterocycles. The van der Waals surface area contributed by atoms with E-state index in [0.29, 0.717) is 5.75 Å². The molecule has 0 heterocycles. The van der Waals surface area contributed by atoms with E-state index in [-0.39, 0.29) is 22.7 Å². The molecule has 0 fully saturated rings. The number of aliphatic hydroxyl groups is 2. The van der Waals surface area contributed by atoms with Crippen LogP contribution in [-0.4, -0.2) is 27.2 Å². The van der Waals surface area contributed by atoms with Crippen molar-refractivity contribution in [1.82, 2.24) is 0 Å². The second-order valence-electron chi connectivity index (χ2n) is 3.99. The van der Waals surface area contributed by atoms with E-state index in [1.54, 1.807) is 6.07 Å². The zero-order chi connectivity index (χ0) is 14.4. The van der Waals surface area contributed by atoms with Crippen molar-refractivity contribution in [2.24, 2.45) is 0 Å². The van der Waals surface area contributed by atoms with Gasteiger partial charge >= 0.3 is 0 Å². The first-order valence-electron chi connectivity index (χ1n) is 5.64. The van der Waals surface area contributed by atoms with Crippen LogP contribution in [0.1, 0.15) is 30.6 Å². The van der Waals surface area contributed by atoms with Crippen LogP contribution in [-0.2, 0) is 4.79 Å². The normalized spacial score (nSPS) is 13.6. The van der Waals surface area contributed by atoms with E-state index in [9.17, 15) is 19.4 Å². The topological polar surface area (TPSA) is 81.3 Å². The van der Waals surface area contributed by atoms with E-state index < -0.39 is 18.0 Å². The molecule has 0 amide bonds. The summed E-state index contributed by atoms with van der Waals surface area (Å²) in [5.41, 5.74) is 0.0920. The highest BCUT2D eigenvalue weighted by Gasteiger charge is 2.19. The molecule has 1 aromatic rings. The molecule has 0 saturated carbocycles. The van der Waals surface area contributed by atoms with Gasteiger partial charge in [0.15, 0.2) is 5.12 Å². The van der Waals surface area contributed by atoms with Crippen molar-refractivity contribution in [3.8, 4) is 6.07 Å². The molecule has 0 bridgehead atoms. The van der Waals surface area contributed by atoms with Gasteiger partial charge < -0.3 is 10.2 Å². The van der Waals surface area contributed by atoms with Crippen molar-refractivity contribution in [1.29, 1.82) is 5.26 Å². The standard InChI is InChI=1S/C13H14FNO3S/c1-8(16)19-5-4-12(17)13(18)9-2-3-10(7-15)11(14)6-9/h2-3,6,12-13,17-18H,4-5H2,1H3. The molecular weight excluding hydrogens is 269 g/mol. The number of benzene rings is 1. The molecular formula is C13H14FNO3S. The van der Waals surface area contributed by atoms with E-state index in [1.807, 2.05) is 0 Å². The highest BCUT2D eigenvalue weighted by Crippen LogP contribution is 2.22. The van der Waals surface area contributed by atoms with Crippen molar-refractivity contribution in [3.05, 3.63) is 35.1 Å². The second kappa shape index (κ2) is 7.24. The largest absolute Gasteiger partial charge is 0.390 e. The number of nitrogens with zero attached hydrogens (tertiary/aromatic N) is 1. The molecule has 19 heavy (non-hydrogen) atoms. The molecule has 2 atom stereocenters. The van der Waals surface area contributed by atoms with Gasteiger partial charge in [0.2, 0.25) is 0 Å². The minimum atomic E-state index is -1.24. The summed E-state index contributed by atoms with van der Waals surface area (Å²) in [6.07, 6.45) is -2.11. The first-order chi connectivity index (χ1) is 8.95. The number of thioether (sulfide) groups is 1. The smallest absolute Gasteiger partial charge is 0.185 e. The Morgan fingerprint density at radius 1 is 1.53 bits per heavy atom. The average Bonchev–Trinajstić information content (AvgIpc) is 2.37. The second-order valence-corrected chi connectivity index (χ2v) is 5.26. The van der Waals surface area contributed by atoms with Crippen molar-refractivity contribution < 1.29 is 19.4 Å². The number of rotatable bonds is 5. The number of carbonyl (C=O) groups excluding carboxylic acids is 1. The van der Waals surface area contributed by atoms with Crippen molar-refractivity contribution in [2.45, 2.75) is 25.6 Å². The van der Waals surface area contributed by atoms with Gasteiger partial charge in [-0.2, -0.15) is 5.26 Å². The fourth-order valence-corrected chi connectivity index (χ4v) is 2.16. The number of hydrogen-bond donors (Lipinski definition) is 2. The summed E-state index contributed by atoms with van der Waals surface area (Å²) >= 11 is 1.05. The third kappa shape index (κ3) is 4.63. The summed E-state index contributed by atoms with van der Waals surface area (Å²) in [4.78, 5) is 10.7. The van der Waals surface area contributed by atoms with Crippen LogP contribution in [0.3, 0.4) is 0 Å². The Bertz CT molecular complexity index is 501. The van der Waals surface area contributed by atoms with E-state index >= 15 is 0 Å². The van der Waals surface area contributed by atoms with Crippen LogP contribution >= 0.6 is 11.8 Å². The third-order valence-corrected chi connectivity index (χ3v) is 3.38. The first-order valence-corrected chi connectivity index (χ1v) is 6.63. The van der Waals surface area contributed by atoms with Gasteiger partial charge in [-0.1, -0.05) is 17.8 Å². The minimum Gasteiger partial charge on any atom is -0.390 e. The number of halogens is 1. The lowest BCUT2D eigenvalue weighted by Gasteiger charge is -2.18. The number of hydrogen-bond acceptors (Lipinski definition) is 5. The zero-order valence-electron chi connectivity index (χ0n) is 10.3. The highest BCUT2D eigenvalue weighted by atomic mass is 32.2. The quantitative estimate of drug-likeness (QED) is 0.860. The van der Waals surface area contributed by atoms with Gasteiger partial charge in [0.25, 0.3) is 0 Å². The lowest BCUT2D eigenvalue weighted by Crippen LogP contribution is -2.19. The van der Waals surface area contributed by atoms with Crippen LogP contribution in [0.15, 0.2) is 18.2 Å². The van der Waals surface area contributed by atoms with Crippen molar-refractivity contribution in [2.75, 3.05) is 5.75 Å². The van der Waals surface area contributed by atoms with E-state index in [0.717, 1.165) is 17.8 Å². The fraction of sp³-hybridized carbons (Fsp3) is 0.385. The van der Waals surface area contributed by atoms with Gasteiger partial charge in [-0.15, -0.1) is 0 Å². The van der Waals surface area contributed by atoms with Gasteiger partial charge in [-0.05, 0) is 24.1 Å². The van der Waals surface area contributed by atoms with Gasteiger partial charge in [0, 0.05) is 12.7 Å². The van der Waals surface area contributed by atoms with Crippen LogP contribution in [0, 0.1) is 17.1 Å². The van der Waals surface area contributed by atoms with Gasteiger partial charge in [0.05, 0.1) is 11.7 Å². The molecule has 0 radical (unpaired) electrons. The Hall–Kier alpha value is -1.42. The summed E-state index contributed by atoms with van der Waals surface area (Å²) in [5, 5.41) is 28.1. The maximum atomic E-state index is 13.4. The first kappa shape index (κ1) is 15.6. The number of aliphatic hydroxyl groups excluding tert-OH is 2. The summed E-state index contributed by atoms with van der Waals surface area (Å²) in [5.74, 6) is -0.351. The molecule has 0 aliphatic heterocycles. The predicted octanol–water partition coefficient (Wildman–Crippen LogP) is 1.76. The fourth-order valence-electron chi connectivity index (χ4n) is 1.51. The predicted molar refractivity (Wildman–Crippen MR) is 69.8 cm³/mol. The molecule has 102 valence electrons. The monoisotopic (exact) mass is 283 g/mol. The van der Waals surface area contributed by atoms with E-state index in [4.69, 9.17) is 5.26 Å². The molecule has 2 N–H and O–H groups in total. The third-order valence-electron chi connectivity index (χ3n) is 2.54. The molecule has 0 aliphatic rings. The average molecular weight is 283 g/mol. The maximum Gasteiger partial charge on any atom is 0.185 e. The number of carbonyl (C=O) groups is 1. The molecule has 1 aromatic carbocycles. The van der Waals surface area contributed by atoms with Crippen molar-refractivity contribution >= 4 is 16.9 Å². The molecule has 4 nitrogen and oxygen atoms in total.